The van der Waals surface area contributed by atoms with Crippen molar-refractivity contribution in [2.75, 3.05) is 13.6 Å². The van der Waals surface area contributed by atoms with Gasteiger partial charge in [0, 0.05) is 12.6 Å². The van der Waals surface area contributed by atoms with Crippen LogP contribution in [0.4, 0.5) is 0 Å². The fourth-order valence-corrected chi connectivity index (χ4v) is 1.12. The number of hydrogen-bond acceptors (Lipinski definition) is 1. The summed E-state index contributed by atoms with van der Waals surface area (Å²) in [4.78, 5) is 2.36. The summed E-state index contributed by atoms with van der Waals surface area (Å²) in [5.41, 5.74) is 2.87. The molecule has 0 unspecified atom stereocenters. The second-order valence-corrected chi connectivity index (χ2v) is 4.28. The van der Waals surface area contributed by atoms with Gasteiger partial charge in [-0.2, -0.15) is 0 Å². The molecule has 0 aliphatic heterocycles. The summed E-state index contributed by atoms with van der Waals surface area (Å²) < 4.78 is 0. The molecule has 0 rings (SSSR count). The minimum absolute atomic E-state index is 0.618. The molecule has 0 fully saturated rings. The number of allylic oxidation sites excluding steroid dienone is 3. The first-order valence-corrected chi connectivity index (χ1v) is 5.52. The summed E-state index contributed by atoms with van der Waals surface area (Å²) in [6.45, 7) is 12.1. The van der Waals surface area contributed by atoms with Gasteiger partial charge in [-0.3, -0.25) is 0 Å². The molecule has 14 heavy (non-hydrogen) atoms. The molecule has 0 aliphatic rings. The van der Waals surface area contributed by atoms with Gasteiger partial charge < -0.3 is 4.90 Å². The third kappa shape index (κ3) is 5.23. The van der Waals surface area contributed by atoms with Crippen LogP contribution >= 0.6 is 0 Å². The molecule has 1 nitrogen and oxygen atoms in total. The molecule has 0 bridgehead atoms. The van der Waals surface area contributed by atoms with E-state index < -0.39 is 0 Å². The second kappa shape index (κ2) is 6.83. The Morgan fingerprint density at radius 3 is 2.29 bits per heavy atom. The van der Waals surface area contributed by atoms with Crippen LogP contribution in [0.2, 0.25) is 0 Å². The van der Waals surface area contributed by atoms with Crippen LogP contribution in [-0.2, 0) is 0 Å². The minimum Gasteiger partial charge on any atom is -0.300 e. The maximum absolute atomic E-state index is 2.36. The van der Waals surface area contributed by atoms with Gasteiger partial charge in [-0.15, -0.1) is 0 Å². The monoisotopic (exact) mass is 195 g/mol. The van der Waals surface area contributed by atoms with Gasteiger partial charge >= 0.3 is 0 Å². The molecular formula is C13H25N. The Morgan fingerprint density at radius 2 is 1.86 bits per heavy atom. The van der Waals surface area contributed by atoms with Crippen LogP contribution in [0, 0.1) is 0 Å². The highest BCUT2D eigenvalue weighted by Crippen LogP contribution is 2.08. The predicted molar refractivity (Wildman–Crippen MR) is 65.6 cm³/mol. The van der Waals surface area contributed by atoms with Crippen molar-refractivity contribution >= 4 is 0 Å². The number of hydrogen-bond donors (Lipinski definition) is 0. The molecule has 0 aromatic rings. The molecule has 0 saturated heterocycles. The van der Waals surface area contributed by atoms with Crippen LogP contribution in [0.1, 0.15) is 41.0 Å². The SMILES string of the molecule is CC/C=C\C(C)=C(/C)CN(C)C(C)C. The summed E-state index contributed by atoms with van der Waals surface area (Å²) in [5.74, 6) is 0. The van der Waals surface area contributed by atoms with Crippen LogP contribution in [-0.4, -0.2) is 24.5 Å². The molecule has 1 heteroatoms. The molecule has 0 N–H and O–H groups in total. The van der Waals surface area contributed by atoms with Crippen molar-refractivity contribution in [3.8, 4) is 0 Å². The van der Waals surface area contributed by atoms with E-state index in [4.69, 9.17) is 0 Å². The molecule has 0 atom stereocenters. The summed E-state index contributed by atoms with van der Waals surface area (Å²) in [6, 6.07) is 0.618. The first-order valence-electron chi connectivity index (χ1n) is 5.52. The van der Waals surface area contributed by atoms with Gasteiger partial charge in [-0.25, -0.2) is 0 Å². The van der Waals surface area contributed by atoms with E-state index >= 15 is 0 Å². The van der Waals surface area contributed by atoms with Crippen LogP contribution in [0.3, 0.4) is 0 Å². The van der Waals surface area contributed by atoms with E-state index in [0.717, 1.165) is 13.0 Å². The van der Waals surface area contributed by atoms with Crippen LogP contribution < -0.4 is 0 Å². The van der Waals surface area contributed by atoms with Crippen molar-refractivity contribution in [1.82, 2.24) is 4.90 Å². The standard InChI is InChI=1S/C13H25N/c1-7-8-9-12(4)13(5)10-14(6)11(2)3/h8-9,11H,7,10H2,1-6H3/b9-8-,13-12+. The first kappa shape index (κ1) is 13.4. The van der Waals surface area contributed by atoms with Crippen LogP contribution in [0.5, 0.6) is 0 Å². The van der Waals surface area contributed by atoms with Crippen molar-refractivity contribution in [1.29, 1.82) is 0 Å². The second-order valence-electron chi connectivity index (χ2n) is 4.28. The lowest BCUT2D eigenvalue weighted by Gasteiger charge is -2.21. The molecule has 0 spiro atoms. The fraction of sp³-hybridized carbons (Fsp3) is 0.692. The molecule has 0 aromatic carbocycles. The molecule has 0 aliphatic carbocycles. The smallest absolute Gasteiger partial charge is 0.0195 e. The van der Waals surface area contributed by atoms with Gasteiger partial charge in [0.25, 0.3) is 0 Å². The lowest BCUT2D eigenvalue weighted by molar-refractivity contribution is 0.296. The lowest BCUT2D eigenvalue weighted by atomic mass is 10.1. The first-order chi connectivity index (χ1) is 6.49. The van der Waals surface area contributed by atoms with E-state index in [-0.39, 0.29) is 0 Å². The summed E-state index contributed by atoms with van der Waals surface area (Å²) in [7, 11) is 2.17. The third-order valence-electron chi connectivity index (χ3n) is 2.64. The van der Waals surface area contributed by atoms with Crippen LogP contribution in [0.15, 0.2) is 23.3 Å². The molecule has 0 heterocycles. The maximum Gasteiger partial charge on any atom is 0.0195 e. The highest BCUT2D eigenvalue weighted by Gasteiger charge is 2.04. The van der Waals surface area contributed by atoms with Gasteiger partial charge in [0.1, 0.15) is 0 Å². The van der Waals surface area contributed by atoms with Gasteiger partial charge in [0.15, 0.2) is 0 Å². The van der Waals surface area contributed by atoms with Gasteiger partial charge in [-0.05, 0) is 41.2 Å². The van der Waals surface area contributed by atoms with Gasteiger partial charge in [0.05, 0.1) is 0 Å². The van der Waals surface area contributed by atoms with Crippen molar-refractivity contribution in [3.63, 3.8) is 0 Å². The molecule has 0 aromatic heterocycles. The Morgan fingerprint density at radius 1 is 1.29 bits per heavy atom. The Bertz CT molecular complexity index is 211. The average Bonchev–Trinajstić information content (AvgIpc) is 2.13. The summed E-state index contributed by atoms with van der Waals surface area (Å²) >= 11 is 0. The van der Waals surface area contributed by atoms with E-state index in [9.17, 15) is 0 Å². The number of likely N-dealkylation sites (N-methyl/N-ethyl adjacent to an activating group) is 1. The van der Waals surface area contributed by atoms with E-state index in [1.54, 1.807) is 0 Å². The molecular weight excluding hydrogens is 170 g/mol. The largest absolute Gasteiger partial charge is 0.300 e. The van der Waals surface area contributed by atoms with Crippen LogP contribution in [0.25, 0.3) is 0 Å². The third-order valence-corrected chi connectivity index (χ3v) is 2.64. The van der Waals surface area contributed by atoms with E-state index in [2.05, 4.69) is 58.7 Å². The van der Waals surface area contributed by atoms with Crippen molar-refractivity contribution < 1.29 is 0 Å². The highest BCUT2D eigenvalue weighted by atomic mass is 15.1. The zero-order valence-corrected chi connectivity index (χ0v) is 10.6. The normalized spacial score (nSPS) is 14.3. The van der Waals surface area contributed by atoms with Gasteiger partial charge in [-0.1, -0.05) is 30.2 Å². The van der Waals surface area contributed by atoms with Crippen molar-refractivity contribution in [3.05, 3.63) is 23.3 Å². The fourth-order valence-electron chi connectivity index (χ4n) is 1.12. The maximum atomic E-state index is 2.36. The lowest BCUT2D eigenvalue weighted by Crippen LogP contribution is -2.28. The molecule has 0 saturated carbocycles. The topological polar surface area (TPSA) is 3.24 Å². The molecule has 0 radical (unpaired) electrons. The van der Waals surface area contributed by atoms with Crippen molar-refractivity contribution in [2.45, 2.75) is 47.1 Å². The zero-order valence-electron chi connectivity index (χ0n) is 10.6. The molecule has 82 valence electrons. The summed E-state index contributed by atoms with van der Waals surface area (Å²) in [5, 5.41) is 0. The quantitative estimate of drug-likeness (QED) is 0.605. The summed E-state index contributed by atoms with van der Waals surface area (Å²) in [6.07, 6.45) is 5.56. The number of nitrogens with zero attached hydrogens (tertiary/aromatic N) is 1. The Hall–Kier alpha value is -0.560. The highest BCUT2D eigenvalue weighted by molar-refractivity contribution is 5.23. The average molecular weight is 195 g/mol. The van der Waals surface area contributed by atoms with Gasteiger partial charge in [0.2, 0.25) is 0 Å². The van der Waals surface area contributed by atoms with E-state index in [1.807, 2.05) is 0 Å². The Labute approximate surface area is 89.5 Å². The van der Waals surface area contributed by atoms with E-state index in [0.29, 0.717) is 6.04 Å². The zero-order chi connectivity index (χ0) is 11.1. The Kier molecular flexibility index (Phi) is 6.56. The minimum atomic E-state index is 0.618. The van der Waals surface area contributed by atoms with Crippen molar-refractivity contribution in [2.24, 2.45) is 0 Å². The molecule has 0 amide bonds. The Balaban J connectivity index is 4.29. The van der Waals surface area contributed by atoms with E-state index in [1.165, 1.54) is 11.1 Å². The predicted octanol–water partition coefficient (Wildman–Crippen LogP) is 3.63. The number of rotatable bonds is 5.